The van der Waals surface area contributed by atoms with Crippen LogP contribution in [0.25, 0.3) is 11.0 Å². The predicted octanol–water partition coefficient (Wildman–Crippen LogP) is 3.36. The molecule has 2 aromatic carbocycles. The fourth-order valence-corrected chi connectivity index (χ4v) is 3.52. The minimum Gasteiger partial charge on any atom is -0.451 e. The Morgan fingerprint density at radius 2 is 1.72 bits per heavy atom. The van der Waals surface area contributed by atoms with E-state index in [0.29, 0.717) is 37.5 Å². The van der Waals surface area contributed by atoms with Crippen LogP contribution in [0.3, 0.4) is 0 Å². The summed E-state index contributed by atoms with van der Waals surface area (Å²) in [7, 11) is 0. The Morgan fingerprint density at radius 1 is 1.03 bits per heavy atom. The molecule has 2 heterocycles. The molecule has 6 nitrogen and oxygen atoms in total. The molecule has 0 radical (unpaired) electrons. The second-order valence-corrected chi connectivity index (χ2v) is 7.12. The van der Waals surface area contributed by atoms with Gasteiger partial charge in [0.25, 0.3) is 5.91 Å². The Balaban J connectivity index is 1.35. The van der Waals surface area contributed by atoms with Gasteiger partial charge in [-0.25, -0.2) is 4.39 Å². The summed E-state index contributed by atoms with van der Waals surface area (Å²) in [4.78, 5) is 29.0. The first-order valence-electron chi connectivity index (χ1n) is 9.60. The molecule has 0 spiro atoms. The van der Waals surface area contributed by atoms with E-state index in [4.69, 9.17) is 4.42 Å². The summed E-state index contributed by atoms with van der Waals surface area (Å²) >= 11 is 0. The van der Waals surface area contributed by atoms with Crippen LogP contribution in [0, 0.1) is 5.82 Å². The molecule has 1 atom stereocenters. The van der Waals surface area contributed by atoms with Crippen molar-refractivity contribution in [2.75, 3.05) is 31.5 Å². The molecule has 2 amide bonds. The minimum atomic E-state index is -0.464. The molecule has 1 fully saturated rings. The van der Waals surface area contributed by atoms with Gasteiger partial charge >= 0.3 is 0 Å². The van der Waals surface area contributed by atoms with Gasteiger partial charge in [-0.3, -0.25) is 14.5 Å². The van der Waals surface area contributed by atoms with Gasteiger partial charge in [-0.15, -0.1) is 0 Å². The van der Waals surface area contributed by atoms with Crippen molar-refractivity contribution in [3.8, 4) is 0 Å². The van der Waals surface area contributed by atoms with Crippen LogP contribution in [0.5, 0.6) is 0 Å². The van der Waals surface area contributed by atoms with Gasteiger partial charge < -0.3 is 14.6 Å². The Hall–Kier alpha value is -3.19. The molecular formula is C22H22FN3O3. The molecule has 1 aliphatic rings. The summed E-state index contributed by atoms with van der Waals surface area (Å²) in [5.41, 5.74) is 0.857. The van der Waals surface area contributed by atoms with Crippen LogP contribution in [0.15, 0.2) is 59.0 Å². The SMILES string of the molecule is CC(C(=O)Nc1ccccc1F)N1CCN(C(=O)c2cc3ccccc3o2)CC1. The second-order valence-electron chi connectivity index (χ2n) is 7.12. The molecule has 4 rings (SSSR count). The Bertz CT molecular complexity index is 1010. The number of rotatable bonds is 4. The minimum absolute atomic E-state index is 0.149. The van der Waals surface area contributed by atoms with Crippen molar-refractivity contribution in [2.24, 2.45) is 0 Å². The lowest BCUT2D eigenvalue weighted by Crippen LogP contribution is -2.54. The first-order chi connectivity index (χ1) is 14.0. The quantitative estimate of drug-likeness (QED) is 0.736. The van der Waals surface area contributed by atoms with E-state index in [1.165, 1.54) is 12.1 Å². The zero-order valence-electron chi connectivity index (χ0n) is 16.1. The summed E-state index contributed by atoms with van der Waals surface area (Å²) in [6.07, 6.45) is 0. The van der Waals surface area contributed by atoms with Crippen molar-refractivity contribution >= 4 is 28.5 Å². The number of hydrogen-bond acceptors (Lipinski definition) is 4. The molecule has 1 aromatic heterocycles. The van der Waals surface area contributed by atoms with Crippen molar-refractivity contribution in [2.45, 2.75) is 13.0 Å². The number of halogens is 1. The summed E-state index contributed by atoms with van der Waals surface area (Å²) in [5, 5.41) is 3.53. The van der Waals surface area contributed by atoms with Gasteiger partial charge in [-0.05, 0) is 31.2 Å². The fraction of sp³-hybridized carbons (Fsp3) is 0.273. The highest BCUT2D eigenvalue weighted by atomic mass is 19.1. The molecule has 29 heavy (non-hydrogen) atoms. The van der Waals surface area contributed by atoms with E-state index in [-0.39, 0.29) is 17.5 Å². The van der Waals surface area contributed by atoms with E-state index >= 15 is 0 Å². The van der Waals surface area contributed by atoms with Crippen LogP contribution < -0.4 is 5.32 Å². The van der Waals surface area contributed by atoms with Crippen LogP contribution in [0.2, 0.25) is 0 Å². The Kier molecular flexibility index (Phi) is 5.31. The normalized spacial score (nSPS) is 16.0. The molecule has 0 saturated carbocycles. The third kappa shape index (κ3) is 4.00. The van der Waals surface area contributed by atoms with E-state index < -0.39 is 11.9 Å². The number of piperazine rings is 1. The number of fused-ring (bicyclic) bond motifs is 1. The number of anilines is 1. The maximum Gasteiger partial charge on any atom is 0.289 e. The molecule has 0 bridgehead atoms. The number of hydrogen-bond donors (Lipinski definition) is 1. The highest BCUT2D eigenvalue weighted by Crippen LogP contribution is 2.21. The number of benzene rings is 2. The molecule has 1 N–H and O–H groups in total. The lowest BCUT2D eigenvalue weighted by molar-refractivity contribution is -0.121. The van der Waals surface area contributed by atoms with Gasteiger partial charge in [0.2, 0.25) is 5.91 Å². The van der Waals surface area contributed by atoms with Gasteiger partial charge in [-0.2, -0.15) is 0 Å². The number of para-hydroxylation sites is 2. The summed E-state index contributed by atoms with van der Waals surface area (Å²) < 4.78 is 19.4. The van der Waals surface area contributed by atoms with E-state index in [2.05, 4.69) is 5.32 Å². The maximum atomic E-state index is 13.8. The van der Waals surface area contributed by atoms with Crippen LogP contribution >= 0.6 is 0 Å². The molecule has 3 aromatic rings. The Labute approximate surface area is 167 Å². The van der Waals surface area contributed by atoms with E-state index in [1.807, 2.05) is 29.2 Å². The average molecular weight is 395 g/mol. The van der Waals surface area contributed by atoms with Crippen molar-refractivity contribution in [1.29, 1.82) is 0 Å². The van der Waals surface area contributed by atoms with Crippen LogP contribution in [-0.2, 0) is 4.79 Å². The number of carbonyl (C=O) groups excluding carboxylic acids is 2. The molecule has 1 saturated heterocycles. The monoisotopic (exact) mass is 395 g/mol. The number of amides is 2. The van der Waals surface area contributed by atoms with Crippen molar-refractivity contribution in [1.82, 2.24) is 9.80 Å². The molecule has 1 aliphatic heterocycles. The molecule has 1 unspecified atom stereocenters. The molecule has 7 heteroatoms. The summed E-state index contributed by atoms with van der Waals surface area (Å²) in [6.45, 7) is 3.88. The van der Waals surface area contributed by atoms with Crippen molar-refractivity contribution in [3.63, 3.8) is 0 Å². The summed E-state index contributed by atoms with van der Waals surface area (Å²) in [6, 6.07) is 14.9. The van der Waals surface area contributed by atoms with Crippen LogP contribution in [0.4, 0.5) is 10.1 Å². The third-order valence-electron chi connectivity index (χ3n) is 5.30. The number of furan rings is 1. The van der Waals surface area contributed by atoms with Crippen LogP contribution in [0.1, 0.15) is 17.5 Å². The summed E-state index contributed by atoms with van der Waals surface area (Å²) in [5.74, 6) is -0.559. The third-order valence-corrected chi connectivity index (χ3v) is 5.30. The smallest absolute Gasteiger partial charge is 0.289 e. The number of nitrogens with zero attached hydrogens (tertiary/aromatic N) is 2. The fourth-order valence-electron chi connectivity index (χ4n) is 3.52. The number of carbonyl (C=O) groups is 2. The molecular weight excluding hydrogens is 373 g/mol. The van der Waals surface area contributed by atoms with Gasteiger partial charge in [0, 0.05) is 31.6 Å². The maximum absolute atomic E-state index is 13.8. The average Bonchev–Trinajstić information content (AvgIpc) is 3.18. The Morgan fingerprint density at radius 3 is 2.45 bits per heavy atom. The van der Waals surface area contributed by atoms with Gasteiger partial charge in [0.15, 0.2) is 5.76 Å². The van der Waals surface area contributed by atoms with Crippen molar-refractivity contribution in [3.05, 3.63) is 66.2 Å². The van der Waals surface area contributed by atoms with Crippen molar-refractivity contribution < 1.29 is 18.4 Å². The van der Waals surface area contributed by atoms with E-state index in [0.717, 1.165) is 5.39 Å². The largest absolute Gasteiger partial charge is 0.451 e. The zero-order chi connectivity index (χ0) is 20.4. The first kappa shape index (κ1) is 19.1. The highest BCUT2D eigenvalue weighted by Gasteiger charge is 2.29. The molecule has 150 valence electrons. The van der Waals surface area contributed by atoms with Gasteiger partial charge in [0.05, 0.1) is 11.7 Å². The first-order valence-corrected chi connectivity index (χ1v) is 9.60. The highest BCUT2D eigenvalue weighted by molar-refractivity contribution is 5.96. The molecule has 0 aliphatic carbocycles. The zero-order valence-corrected chi connectivity index (χ0v) is 16.1. The van der Waals surface area contributed by atoms with E-state index in [9.17, 15) is 14.0 Å². The standard InChI is InChI=1S/C22H22FN3O3/c1-15(21(27)24-18-8-4-3-7-17(18)23)25-10-12-26(13-11-25)22(28)20-14-16-6-2-5-9-19(16)29-20/h2-9,14-15H,10-13H2,1H3,(H,24,27). The van der Waals surface area contributed by atoms with Crippen LogP contribution in [-0.4, -0.2) is 53.8 Å². The van der Waals surface area contributed by atoms with Gasteiger partial charge in [0.1, 0.15) is 11.4 Å². The topological polar surface area (TPSA) is 65.8 Å². The van der Waals surface area contributed by atoms with E-state index in [1.54, 1.807) is 30.0 Å². The lowest BCUT2D eigenvalue weighted by atomic mass is 10.2. The van der Waals surface area contributed by atoms with Gasteiger partial charge in [-0.1, -0.05) is 30.3 Å². The second kappa shape index (κ2) is 8.05. The lowest BCUT2D eigenvalue weighted by Gasteiger charge is -2.37. The predicted molar refractivity (Wildman–Crippen MR) is 108 cm³/mol. The number of nitrogens with one attached hydrogen (secondary N) is 1.